The third-order valence-corrected chi connectivity index (χ3v) is 1.47. The highest BCUT2D eigenvalue weighted by molar-refractivity contribution is 6.50. The highest BCUT2D eigenvalue weighted by Crippen LogP contribution is 2.07. The molecule has 1 atom stereocenters. The van der Waals surface area contributed by atoms with E-state index in [0.29, 0.717) is 6.61 Å². The van der Waals surface area contributed by atoms with Crippen LogP contribution in [0.15, 0.2) is 0 Å². The number of amides is 1. The van der Waals surface area contributed by atoms with E-state index in [1.54, 1.807) is 27.7 Å². The zero-order valence-electron chi connectivity index (χ0n) is 12.2. The number of carbonyl (C=O) groups excluding carboxylic acids is 1. The third kappa shape index (κ3) is 18.9. The van der Waals surface area contributed by atoms with Crippen LogP contribution in [0.1, 0.15) is 34.6 Å². The van der Waals surface area contributed by atoms with Gasteiger partial charge in [0.15, 0.2) is 6.04 Å². The molecular weight excluding hydrogens is 283 g/mol. The second-order valence-corrected chi connectivity index (χ2v) is 4.70. The lowest BCUT2D eigenvalue weighted by molar-refractivity contribution is -0.145. The molecule has 0 fully saturated rings. The Kier molecular flexibility index (Phi) is 9.01. The Morgan fingerprint density at radius 1 is 1.30 bits per heavy atom. The van der Waals surface area contributed by atoms with Crippen LogP contribution in [-0.4, -0.2) is 37.5 Å². The summed E-state index contributed by atoms with van der Waals surface area (Å²) in [5.41, 5.74) is -0.510. The highest BCUT2D eigenvalue weighted by Gasteiger charge is 2.22. The Morgan fingerprint density at radius 3 is 2.00 bits per heavy atom. The molecule has 0 aliphatic heterocycles. The van der Waals surface area contributed by atoms with E-state index in [1.807, 2.05) is 6.92 Å². The number of carbonyl (C=O) groups is 1. The van der Waals surface area contributed by atoms with Gasteiger partial charge in [0.25, 0.3) is 0 Å². The van der Waals surface area contributed by atoms with Crippen molar-refractivity contribution in [1.82, 2.24) is 5.32 Å². The van der Waals surface area contributed by atoms with Crippen LogP contribution in [0, 0.1) is 0 Å². The molecule has 0 aliphatic carbocycles. The van der Waals surface area contributed by atoms with Gasteiger partial charge in [-0.1, -0.05) is 0 Å². The highest BCUT2D eigenvalue weighted by atomic mass is 19.5. The number of rotatable bonds is 3. The average Bonchev–Trinajstić information content (AvgIpc) is 2.11. The first kappa shape index (κ1) is 20.8. The first-order valence-corrected chi connectivity index (χ1v) is 5.88. The van der Waals surface area contributed by atoms with Gasteiger partial charge >= 0.3 is 19.2 Å². The van der Waals surface area contributed by atoms with E-state index in [4.69, 9.17) is 14.9 Å². The molecule has 0 spiro atoms. The Bertz CT molecular complexity index is 313. The number of ether oxygens (including phenoxy) is 2. The van der Waals surface area contributed by atoms with E-state index >= 15 is 0 Å². The molecule has 1 unspecified atom stereocenters. The molecule has 20 heavy (non-hydrogen) atoms. The van der Waals surface area contributed by atoms with Crippen LogP contribution in [0.25, 0.3) is 0 Å². The summed E-state index contributed by atoms with van der Waals surface area (Å²) in [7, 11) is -6.00. The number of alkyl carbamates (subject to hydrolysis) is 1. The minimum absolute atomic E-state index is 0.281. The molecule has 120 valence electrons. The SMILES string of the molecule is CCOC(=[NH2+])C(C)NC(=O)OC(C)(C)C.F[B-](F)(F)F. The van der Waals surface area contributed by atoms with Crippen molar-refractivity contribution in [1.29, 1.82) is 0 Å². The van der Waals surface area contributed by atoms with E-state index < -0.39 is 18.9 Å². The number of hydrogen-bond donors (Lipinski definition) is 2. The van der Waals surface area contributed by atoms with Crippen molar-refractivity contribution in [2.45, 2.75) is 46.3 Å². The van der Waals surface area contributed by atoms with Crippen molar-refractivity contribution in [3.63, 3.8) is 0 Å². The molecule has 0 heterocycles. The van der Waals surface area contributed by atoms with Crippen LogP contribution in [0.5, 0.6) is 0 Å². The number of nitrogens with one attached hydrogen (secondary N) is 1. The van der Waals surface area contributed by atoms with E-state index in [-0.39, 0.29) is 11.9 Å². The molecule has 1 amide bonds. The quantitative estimate of drug-likeness (QED) is 0.358. The van der Waals surface area contributed by atoms with Gasteiger partial charge in [0.1, 0.15) is 5.60 Å². The fraction of sp³-hybridized carbons (Fsp3) is 0.800. The standard InChI is InChI=1S/C10H20N2O3.BF4/c1-6-14-8(11)7(2)12-9(13)15-10(3,4)5;2-1(3,4)5/h7,11H,6H2,1-5H3,(H,12,13);/q;-1/p+1. The maximum atomic E-state index is 11.3. The average molecular weight is 304 g/mol. The lowest BCUT2D eigenvalue weighted by Gasteiger charge is -2.20. The van der Waals surface area contributed by atoms with Gasteiger partial charge in [-0.05, 0) is 34.6 Å². The van der Waals surface area contributed by atoms with Gasteiger partial charge in [0, 0.05) is 0 Å². The zero-order valence-corrected chi connectivity index (χ0v) is 12.2. The fourth-order valence-corrected chi connectivity index (χ4v) is 0.847. The summed E-state index contributed by atoms with van der Waals surface area (Å²) < 4.78 is 49.1. The van der Waals surface area contributed by atoms with Crippen molar-refractivity contribution in [2.24, 2.45) is 0 Å². The fourth-order valence-electron chi connectivity index (χ4n) is 0.847. The first-order valence-electron chi connectivity index (χ1n) is 5.88. The normalized spacial score (nSPS) is 12.7. The van der Waals surface area contributed by atoms with Crippen molar-refractivity contribution in [3.8, 4) is 0 Å². The molecule has 0 aromatic carbocycles. The summed E-state index contributed by atoms with van der Waals surface area (Å²) in [5.74, 6) is 0.281. The minimum Gasteiger partial charge on any atom is -0.447 e. The molecule has 5 nitrogen and oxygen atoms in total. The lowest BCUT2D eigenvalue weighted by atomic mass is 10.2. The lowest BCUT2D eigenvalue weighted by Crippen LogP contribution is -2.54. The summed E-state index contributed by atoms with van der Waals surface area (Å²) in [4.78, 5) is 11.3. The molecule has 0 saturated carbocycles. The molecule has 0 aromatic rings. The monoisotopic (exact) mass is 304 g/mol. The molecule has 0 radical (unpaired) electrons. The predicted octanol–water partition coefficient (Wildman–Crippen LogP) is 1.39. The molecule has 0 aromatic heterocycles. The maximum Gasteiger partial charge on any atom is 0.673 e. The second-order valence-electron chi connectivity index (χ2n) is 4.70. The Morgan fingerprint density at radius 2 is 1.70 bits per heavy atom. The summed E-state index contributed by atoms with van der Waals surface area (Å²) in [6.07, 6.45) is -0.502. The van der Waals surface area contributed by atoms with E-state index in [0.717, 1.165) is 0 Å². The van der Waals surface area contributed by atoms with Crippen molar-refractivity contribution >= 4 is 19.2 Å². The van der Waals surface area contributed by atoms with Crippen LogP contribution in [0.2, 0.25) is 0 Å². The van der Waals surface area contributed by atoms with Crippen LogP contribution >= 0.6 is 0 Å². The van der Waals surface area contributed by atoms with E-state index in [1.165, 1.54) is 0 Å². The summed E-state index contributed by atoms with van der Waals surface area (Å²) in [6.45, 7) is 9.43. The smallest absolute Gasteiger partial charge is 0.447 e. The predicted molar refractivity (Wildman–Crippen MR) is 67.6 cm³/mol. The molecular formula is C10H21BF4N2O3. The molecule has 0 aliphatic rings. The maximum absolute atomic E-state index is 11.3. The van der Waals surface area contributed by atoms with Crippen LogP contribution in [0.4, 0.5) is 22.1 Å². The first-order chi connectivity index (χ1) is 8.76. The van der Waals surface area contributed by atoms with Gasteiger partial charge in [-0.15, -0.1) is 0 Å². The van der Waals surface area contributed by atoms with Gasteiger partial charge in [-0.25, -0.2) is 10.2 Å². The van der Waals surface area contributed by atoms with Gasteiger partial charge in [-0.2, -0.15) is 0 Å². The summed E-state index contributed by atoms with van der Waals surface area (Å²) in [5, 5.41) is 8.14. The number of halogens is 4. The second kappa shape index (κ2) is 8.65. The van der Waals surface area contributed by atoms with Crippen LogP contribution < -0.4 is 10.7 Å². The minimum atomic E-state index is -6.00. The molecule has 0 bridgehead atoms. The van der Waals surface area contributed by atoms with Crippen LogP contribution in [0.3, 0.4) is 0 Å². The van der Waals surface area contributed by atoms with Gasteiger partial charge in [0.2, 0.25) is 0 Å². The molecule has 10 heteroatoms. The van der Waals surface area contributed by atoms with Gasteiger partial charge in [-0.3, -0.25) is 0 Å². The Hall–Kier alpha value is -1.48. The summed E-state index contributed by atoms with van der Waals surface area (Å²) >= 11 is 0. The van der Waals surface area contributed by atoms with Crippen molar-refractivity contribution < 1.29 is 36.9 Å². The summed E-state index contributed by atoms with van der Waals surface area (Å²) in [6, 6.07) is -0.361. The number of nitrogens with two attached hydrogens (primary N) is 1. The van der Waals surface area contributed by atoms with E-state index in [2.05, 4.69) is 5.32 Å². The Balaban J connectivity index is 0. The topological polar surface area (TPSA) is 73.2 Å². The van der Waals surface area contributed by atoms with Crippen LogP contribution in [-0.2, 0) is 9.47 Å². The van der Waals surface area contributed by atoms with Gasteiger partial charge < -0.3 is 32.1 Å². The van der Waals surface area contributed by atoms with E-state index in [9.17, 15) is 22.1 Å². The molecule has 0 rings (SSSR count). The zero-order chi connectivity index (χ0) is 16.6. The largest absolute Gasteiger partial charge is 0.673 e. The van der Waals surface area contributed by atoms with Gasteiger partial charge in [0.05, 0.1) is 6.61 Å². The number of hydrogen-bond acceptors (Lipinski definition) is 3. The third-order valence-electron chi connectivity index (χ3n) is 1.47. The molecule has 0 saturated heterocycles. The Labute approximate surface area is 115 Å². The van der Waals surface area contributed by atoms with Crippen molar-refractivity contribution in [3.05, 3.63) is 0 Å². The van der Waals surface area contributed by atoms with Crippen molar-refractivity contribution in [2.75, 3.05) is 6.61 Å². The molecule has 3 N–H and O–H groups in total.